The van der Waals surface area contributed by atoms with E-state index in [9.17, 15) is 0 Å². The molecule has 0 aromatic rings. The summed E-state index contributed by atoms with van der Waals surface area (Å²) in [5.74, 6) is 1.36. The maximum Gasteiger partial charge on any atom is 0.0201 e. The highest BCUT2D eigenvalue weighted by atomic mass is 15.0. The topological polar surface area (TPSA) is 12.0 Å². The molecule has 0 heterocycles. The molecule has 1 heteroatoms. The molecular formula is C12H27N. The van der Waals surface area contributed by atoms with Crippen molar-refractivity contribution >= 4 is 0 Å². The van der Waals surface area contributed by atoms with Crippen molar-refractivity contribution in [2.75, 3.05) is 0 Å². The summed E-state index contributed by atoms with van der Waals surface area (Å²) in [6.07, 6.45) is 1.20. The van der Waals surface area contributed by atoms with Crippen LogP contribution in [0.5, 0.6) is 0 Å². The third kappa shape index (κ3) is 3.30. The van der Waals surface area contributed by atoms with E-state index in [0.29, 0.717) is 17.9 Å². The minimum Gasteiger partial charge on any atom is -0.309 e. The van der Waals surface area contributed by atoms with E-state index in [2.05, 4.69) is 53.8 Å². The zero-order chi connectivity index (χ0) is 10.6. The lowest BCUT2D eigenvalue weighted by atomic mass is 9.78. The van der Waals surface area contributed by atoms with Crippen LogP contribution >= 0.6 is 0 Å². The summed E-state index contributed by atoms with van der Waals surface area (Å²) in [6, 6.07) is 0.620. The molecule has 0 aliphatic heterocycles. The molecule has 1 unspecified atom stereocenters. The predicted molar refractivity (Wildman–Crippen MR) is 61.0 cm³/mol. The van der Waals surface area contributed by atoms with Crippen LogP contribution in [-0.2, 0) is 0 Å². The van der Waals surface area contributed by atoms with Crippen LogP contribution in [0.1, 0.15) is 54.9 Å². The minimum atomic E-state index is 0.273. The van der Waals surface area contributed by atoms with Gasteiger partial charge in [-0.3, -0.25) is 0 Å². The second kappa shape index (κ2) is 4.99. The first kappa shape index (κ1) is 13.0. The van der Waals surface area contributed by atoms with E-state index in [1.54, 1.807) is 0 Å². The van der Waals surface area contributed by atoms with E-state index in [1.165, 1.54) is 6.42 Å². The van der Waals surface area contributed by atoms with E-state index in [0.717, 1.165) is 0 Å². The normalized spacial score (nSPS) is 15.5. The van der Waals surface area contributed by atoms with Gasteiger partial charge in [-0.15, -0.1) is 0 Å². The van der Waals surface area contributed by atoms with Gasteiger partial charge in [-0.05, 0) is 32.1 Å². The molecular weight excluding hydrogens is 158 g/mol. The lowest BCUT2D eigenvalue weighted by Crippen LogP contribution is -2.54. The van der Waals surface area contributed by atoms with Gasteiger partial charge in [0.1, 0.15) is 0 Å². The highest BCUT2D eigenvalue weighted by Gasteiger charge is 2.32. The van der Waals surface area contributed by atoms with Crippen LogP contribution in [0.3, 0.4) is 0 Å². The van der Waals surface area contributed by atoms with E-state index in [1.807, 2.05) is 0 Å². The molecule has 0 bridgehead atoms. The van der Waals surface area contributed by atoms with Crippen molar-refractivity contribution < 1.29 is 0 Å². The number of rotatable bonds is 5. The summed E-state index contributed by atoms with van der Waals surface area (Å²) in [5, 5.41) is 3.74. The van der Waals surface area contributed by atoms with Crippen molar-refractivity contribution in [3.8, 4) is 0 Å². The molecule has 0 rings (SSSR count). The molecule has 0 aliphatic carbocycles. The number of hydrogen-bond donors (Lipinski definition) is 1. The monoisotopic (exact) mass is 185 g/mol. The highest BCUT2D eigenvalue weighted by Crippen LogP contribution is 2.26. The van der Waals surface area contributed by atoms with E-state index < -0.39 is 0 Å². The van der Waals surface area contributed by atoms with Gasteiger partial charge in [0.05, 0.1) is 0 Å². The van der Waals surface area contributed by atoms with Crippen molar-refractivity contribution in [2.24, 2.45) is 11.8 Å². The maximum absolute atomic E-state index is 3.74. The van der Waals surface area contributed by atoms with Crippen molar-refractivity contribution in [1.29, 1.82) is 0 Å². The Balaban J connectivity index is 4.42. The van der Waals surface area contributed by atoms with E-state index >= 15 is 0 Å². The Morgan fingerprint density at radius 1 is 1.00 bits per heavy atom. The largest absolute Gasteiger partial charge is 0.309 e. The van der Waals surface area contributed by atoms with Crippen molar-refractivity contribution in [3.63, 3.8) is 0 Å². The average Bonchev–Trinajstić information content (AvgIpc) is 2.03. The van der Waals surface area contributed by atoms with Crippen LogP contribution < -0.4 is 5.32 Å². The molecule has 0 aromatic heterocycles. The first-order valence-electron chi connectivity index (χ1n) is 5.62. The Kier molecular flexibility index (Phi) is 4.98. The van der Waals surface area contributed by atoms with Gasteiger partial charge in [-0.1, -0.05) is 34.6 Å². The van der Waals surface area contributed by atoms with Crippen LogP contribution in [-0.4, -0.2) is 11.6 Å². The standard InChI is InChI=1S/C12H27N/c1-8-11(6)13-12(7,9(2)3)10(4)5/h9-11,13H,8H2,1-7H3. The molecule has 0 amide bonds. The van der Waals surface area contributed by atoms with Gasteiger partial charge in [0.2, 0.25) is 0 Å². The van der Waals surface area contributed by atoms with Gasteiger partial charge in [0, 0.05) is 11.6 Å². The molecule has 1 nitrogen and oxygen atoms in total. The van der Waals surface area contributed by atoms with Crippen LogP contribution in [0.15, 0.2) is 0 Å². The summed E-state index contributed by atoms with van der Waals surface area (Å²) in [7, 11) is 0. The van der Waals surface area contributed by atoms with Gasteiger partial charge < -0.3 is 5.32 Å². The highest BCUT2D eigenvalue weighted by molar-refractivity contribution is 4.90. The Hall–Kier alpha value is -0.0400. The third-order valence-electron chi connectivity index (χ3n) is 3.57. The molecule has 1 atom stereocenters. The molecule has 0 aliphatic rings. The van der Waals surface area contributed by atoms with Crippen LogP contribution in [0.25, 0.3) is 0 Å². The van der Waals surface area contributed by atoms with Crippen molar-refractivity contribution in [1.82, 2.24) is 5.32 Å². The zero-order valence-electron chi connectivity index (χ0n) is 10.4. The number of nitrogens with one attached hydrogen (secondary N) is 1. The fourth-order valence-electron chi connectivity index (χ4n) is 1.63. The Morgan fingerprint density at radius 3 is 1.62 bits per heavy atom. The number of hydrogen-bond acceptors (Lipinski definition) is 1. The third-order valence-corrected chi connectivity index (χ3v) is 3.57. The molecule has 0 saturated heterocycles. The average molecular weight is 185 g/mol. The SMILES string of the molecule is CCC(C)NC(C)(C(C)C)C(C)C. The first-order chi connectivity index (χ1) is 5.84. The summed E-state index contributed by atoms with van der Waals surface area (Å²) >= 11 is 0. The fourth-order valence-corrected chi connectivity index (χ4v) is 1.63. The van der Waals surface area contributed by atoms with Gasteiger partial charge in [0.15, 0.2) is 0 Å². The van der Waals surface area contributed by atoms with E-state index in [-0.39, 0.29) is 5.54 Å². The molecule has 0 saturated carbocycles. The van der Waals surface area contributed by atoms with Crippen LogP contribution in [0.4, 0.5) is 0 Å². The fraction of sp³-hybridized carbons (Fsp3) is 1.00. The zero-order valence-corrected chi connectivity index (χ0v) is 10.4. The Bertz CT molecular complexity index is 130. The second-order valence-electron chi connectivity index (χ2n) is 5.05. The van der Waals surface area contributed by atoms with Gasteiger partial charge in [0.25, 0.3) is 0 Å². The first-order valence-corrected chi connectivity index (χ1v) is 5.62. The Morgan fingerprint density at radius 2 is 1.38 bits per heavy atom. The summed E-state index contributed by atoms with van der Waals surface area (Å²) in [6.45, 7) is 16.0. The maximum atomic E-state index is 3.74. The quantitative estimate of drug-likeness (QED) is 0.692. The van der Waals surface area contributed by atoms with Crippen LogP contribution in [0.2, 0.25) is 0 Å². The van der Waals surface area contributed by atoms with Gasteiger partial charge in [-0.25, -0.2) is 0 Å². The summed E-state index contributed by atoms with van der Waals surface area (Å²) in [4.78, 5) is 0. The summed E-state index contributed by atoms with van der Waals surface area (Å²) < 4.78 is 0. The summed E-state index contributed by atoms with van der Waals surface area (Å²) in [5.41, 5.74) is 0.273. The predicted octanol–water partition coefficient (Wildman–Crippen LogP) is 3.45. The van der Waals surface area contributed by atoms with Gasteiger partial charge >= 0.3 is 0 Å². The van der Waals surface area contributed by atoms with Crippen molar-refractivity contribution in [3.05, 3.63) is 0 Å². The lowest BCUT2D eigenvalue weighted by molar-refractivity contribution is 0.167. The molecule has 0 radical (unpaired) electrons. The van der Waals surface area contributed by atoms with Crippen LogP contribution in [0, 0.1) is 11.8 Å². The van der Waals surface area contributed by atoms with Crippen molar-refractivity contribution in [2.45, 2.75) is 66.5 Å². The van der Waals surface area contributed by atoms with E-state index in [4.69, 9.17) is 0 Å². The Labute approximate surface area is 84.3 Å². The molecule has 0 aromatic carbocycles. The minimum absolute atomic E-state index is 0.273. The second-order valence-corrected chi connectivity index (χ2v) is 5.05. The molecule has 80 valence electrons. The smallest absolute Gasteiger partial charge is 0.0201 e. The molecule has 0 fully saturated rings. The molecule has 0 spiro atoms. The molecule has 13 heavy (non-hydrogen) atoms. The lowest BCUT2D eigenvalue weighted by Gasteiger charge is -2.41. The molecule has 1 N–H and O–H groups in total. The van der Waals surface area contributed by atoms with Gasteiger partial charge in [-0.2, -0.15) is 0 Å².